The van der Waals surface area contributed by atoms with Gasteiger partial charge in [-0.05, 0) is 73.7 Å². The highest BCUT2D eigenvalue weighted by molar-refractivity contribution is 7.85. The molecule has 0 fully saturated rings. The van der Waals surface area contributed by atoms with E-state index in [0.717, 1.165) is 12.1 Å². The largest absolute Gasteiger partial charge is 0.744 e. The first kappa shape index (κ1) is 31.6. The molecule has 0 atom stereocenters. The molecule has 0 amide bonds. The number of phenols is 2. The Balaban J connectivity index is 0.000000279. The third-order valence-electron chi connectivity index (χ3n) is 6.72. The molecule has 0 bridgehead atoms. The number of fused-ring (bicyclic) bond motifs is 1. The maximum Gasteiger partial charge on any atom is 0.124 e. The van der Waals surface area contributed by atoms with E-state index in [0.29, 0.717) is 5.39 Å². The molecule has 0 aromatic heterocycles. The first-order valence-corrected chi connectivity index (χ1v) is 15.4. The fraction of sp³-hybridized carbons (Fsp3) is 0.484. The lowest BCUT2D eigenvalue weighted by Crippen LogP contribution is -3.12. The predicted molar refractivity (Wildman–Crippen MR) is 154 cm³/mol. The van der Waals surface area contributed by atoms with Crippen LogP contribution in [0.5, 0.6) is 11.5 Å². The molecule has 0 radical (unpaired) electrons. The molecule has 210 valence electrons. The predicted octanol–water partition coefficient (Wildman–Crippen LogP) is 5.82. The molecule has 0 spiro atoms. The molecule has 3 aromatic rings. The SMILES string of the molecule is CCC[NH+](CCC)CCCCCCCCCc1ccccc1.O=S(=O)([O-])c1cc(O)c2cc(O)ccc2c1. The molecule has 0 saturated heterocycles. The maximum absolute atomic E-state index is 10.8. The molecule has 3 N–H and O–H groups in total. The molecule has 7 heteroatoms. The minimum atomic E-state index is -4.60. The van der Waals surface area contributed by atoms with Crippen molar-refractivity contribution in [3.05, 3.63) is 66.2 Å². The summed E-state index contributed by atoms with van der Waals surface area (Å²) in [5.74, 6) is -0.414. The Bertz CT molecular complexity index is 1180. The van der Waals surface area contributed by atoms with E-state index in [9.17, 15) is 23.2 Å². The second kappa shape index (κ2) is 17.1. The van der Waals surface area contributed by atoms with Gasteiger partial charge in [0, 0.05) is 5.39 Å². The second-order valence-corrected chi connectivity index (χ2v) is 11.4. The van der Waals surface area contributed by atoms with E-state index < -0.39 is 15.0 Å². The molecule has 6 nitrogen and oxygen atoms in total. The Hall–Kier alpha value is -2.61. The summed E-state index contributed by atoms with van der Waals surface area (Å²) in [4.78, 5) is 1.33. The average Bonchev–Trinajstić information content (AvgIpc) is 2.88. The van der Waals surface area contributed by atoms with Gasteiger partial charge in [-0.1, -0.05) is 75.9 Å². The Morgan fingerprint density at radius 2 is 1.34 bits per heavy atom. The highest BCUT2D eigenvalue weighted by Crippen LogP contribution is 2.30. The van der Waals surface area contributed by atoms with E-state index in [1.54, 1.807) is 0 Å². The van der Waals surface area contributed by atoms with Crippen LogP contribution in [-0.4, -0.2) is 42.8 Å². The van der Waals surface area contributed by atoms with Gasteiger partial charge < -0.3 is 19.7 Å². The summed E-state index contributed by atoms with van der Waals surface area (Å²) in [6, 6.07) is 17.0. The third kappa shape index (κ3) is 11.8. The van der Waals surface area contributed by atoms with Crippen molar-refractivity contribution < 1.29 is 28.1 Å². The lowest BCUT2D eigenvalue weighted by molar-refractivity contribution is -0.900. The van der Waals surface area contributed by atoms with Gasteiger partial charge in [0.2, 0.25) is 0 Å². The maximum atomic E-state index is 10.8. The van der Waals surface area contributed by atoms with Gasteiger partial charge in [0.25, 0.3) is 0 Å². The number of aromatic hydroxyl groups is 2. The highest BCUT2D eigenvalue weighted by atomic mass is 32.2. The van der Waals surface area contributed by atoms with Gasteiger partial charge >= 0.3 is 0 Å². The van der Waals surface area contributed by atoms with Crippen molar-refractivity contribution in [1.82, 2.24) is 0 Å². The van der Waals surface area contributed by atoms with E-state index in [4.69, 9.17) is 0 Å². The Morgan fingerprint density at radius 1 is 0.737 bits per heavy atom. The van der Waals surface area contributed by atoms with Crippen molar-refractivity contribution >= 4 is 20.9 Å². The minimum Gasteiger partial charge on any atom is -0.744 e. The molecule has 3 rings (SSSR count). The molecule has 0 aliphatic heterocycles. The number of aryl methyl sites for hydroxylation is 1. The van der Waals surface area contributed by atoms with Crippen molar-refractivity contribution in [2.75, 3.05) is 19.6 Å². The van der Waals surface area contributed by atoms with Crippen LogP contribution in [0.15, 0.2) is 65.6 Å². The fourth-order valence-electron chi connectivity index (χ4n) is 4.76. The van der Waals surface area contributed by atoms with Crippen molar-refractivity contribution in [3.63, 3.8) is 0 Å². The summed E-state index contributed by atoms with van der Waals surface area (Å²) < 4.78 is 32.3. The minimum absolute atomic E-state index is 0.0551. The van der Waals surface area contributed by atoms with E-state index >= 15 is 0 Å². The summed E-state index contributed by atoms with van der Waals surface area (Å²) in [5, 5.41) is 19.4. The van der Waals surface area contributed by atoms with Crippen LogP contribution in [0.3, 0.4) is 0 Å². The smallest absolute Gasteiger partial charge is 0.124 e. The molecule has 0 aliphatic rings. The van der Waals surface area contributed by atoms with Gasteiger partial charge in [-0.2, -0.15) is 0 Å². The zero-order valence-electron chi connectivity index (χ0n) is 23.0. The van der Waals surface area contributed by atoms with Crippen LogP contribution >= 0.6 is 0 Å². The van der Waals surface area contributed by atoms with Crippen LogP contribution in [0.25, 0.3) is 10.8 Å². The Kier molecular flexibility index (Phi) is 14.2. The van der Waals surface area contributed by atoms with E-state index in [-0.39, 0.29) is 16.9 Å². The van der Waals surface area contributed by atoms with Crippen molar-refractivity contribution in [3.8, 4) is 11.5 Å². The van der Waals surface area contributed by atoms with E-state index in [2.05, 4.69) is 44.2 Å². The van der Waals surface area contributed by atoms with Crippen LogP contribution in [0, 0.1) is 0 Å². The van der Waals surface area contributed by atoms with Crippen LogP contribution in [0.2, 0.25) is 0 Å². The van der Waals surface area contributed by atoms with Gasteiger partial charge in [0.15, 0.2) is 0 Å². The quantitative estimate of drug-likeness (QED) is 0.166. The topological polar surface area (TPSA) is 102 Å². The highest BCUT2D eigenvalue weighted by Gasteiger charge is 2.08. The fourth-order valence-corrected chi connectivity index (χ4v) is 5.29. The lowest BCUT2D eigenvalue weighted by atomic mass is 10.0. The monoisotopic (exact) mass is 543 g/mol. The number of quaternary nitrogens is 1. The molecule has 38 heavy (non-hydrogen) atoms. The average molecular weight is 544 g/mol. The Morgan fingerprint density at radius 3 is 1.95 bits per heavy atom. The number of nitrogens with one attached hydrogen (secondary N) is 1. The molecular formula is C31H45NO5S. The Labute approximate surface area is 229 Å². The van der Waals surface area contributed by atoms with Gasteiger partial charge in [0.05, 0.1) is 24.5 Å². The van der Waals surface area contributed by atoms with E-state index in [1.165, 1.54) is 108 Å². The standard InChI is InChI=1S/C21H37N.C10H8O5S/c1-3-18-22(19-4-2)20-14-9-7-5-6-8-11-15-21-16-12-10-13-17-21;11-7-2-1-6-3-8(16(13,14)15)5-10(12)9(6)4-7/h10,12-13,16-17H,3-9,11,14-15,18-20H2,1-2H3;1-5,11-12H,(H,13,14,15). The van der Waals surface area contributed by atoms with Crippen molar-refractivity contribution in [1.29, 1.82) is 0 Å². The second-order valence-electron chi connectivity index (χ2n) is 10.0. The summed E-state index contributed by atoms with van der Waals surface area (Å²) in [7, 11) is -4.60. The summed E-state index contributed by atoms with van der Waals surface area (Å²) >= 11 is 0. The molecule has 0 aliphatic carbocycles. The molecule has 0 saturated carbocycles. The first-order chi connectivity index (χ1) is 18.2. The van der Waals surface area contributed by atoms with Gasteiger partial charge in [-0.15, -0.1) is 0 Å². The summed E-state index contributed by atoms with van der Waals surface area (Å²) in [6.07, 6.45) is 13.8. The van der Waals surface area contributed by atoms with Crippen LogP contribution in [0.1, 0.15) is 77.2 Å². The van der Waals surface area contributed by atoms with Crippen molar-refractivity contribution in [2.24, 2.45) is 0 Å². The molecule has 0 unspecified atom stereocenters. The zero-order valence-corrected chi connectivity index (χ0v) is 23.8. The number of hydrogen-bond acceptors (Lipinski definition) is 5. The molecule has 3 aromatic carbocycles. The van der Waals surface area contributed by atoms with Crippen LogP contribution in [0.4, 0.5) is 0 Å². The number of hydrogen-bond donors (Lipinski definition) is 3. The number of rotatable bonds is 15. The first-order valence-electron chi connectivity index (χ1n) is 14.0. The van der Waals surface area contributed by atoms with Crippen molar-refractivity contribution in [2.45, 2.75) is 83.0 Å². The van der Waals surface area contributed by atoms with E-state index in [1.807, 2.05) is 4.90 Å². The van der Waals surface area contributed by atoms with Crippen LogP contribution in [-0.2, 0) is 16.5 Å². The number of unbranched alkanes of at least 4 members (excludes halogenated alkanes) is 6. The molecule has 0 heterocycles. The zero-order chi connectivity index (χ0) is 27.8. The van der Waals surface area contributed by atoms with Crippen LogP contribution < -0.4 is 4.90 Å². The summed E-state index contributed by atoms with van der Waals surface area (Å²) in [6.45, 7) is 8.76. The number of phenolic OH excluding ortho intramolecular Hbond substituents is 2. The molecular weight excluding hydrogens is 498 g/mol. The summed E-state index contributed by atoms with van der Waals surface area (Å²) in [5.41, 5.74) is 1.50. The normalized spacial score (nSPS) is 11.5. The van der Waals surface area contributed by atoms with Gasteiger partial charge in [-0.3, -0.25) is 0 Å². The third-order valence-corrected chi connectivity index (χ3v) is 7.54. The van der Waals surface area contributed by atoms with Gasteiger partial charge in [0.1, 0.15) is 21.6 Å². The lowest BCUT2D eigenvalue weighted by Gasteiger charge is -2.17. The van der Waals surface area contributed by atoms with Gasteiger partial charge in [-0.25, -0.2) is 8.42 Å². The number of benzene rings is 3.